The molecule has 0 bridgehead atoms. The number of oxime groups is 1. The molecule has 2 atom stereocenters. The van der Waals surface area contributed by atoms with Gasteiger partial charge in [-0.2, -0.15) is 0 Å². The van der Waals surface area contributed by atoms with Gasteiger partial charge in [-0.1, -0.05) is 30.9 Å². The van der Waals surface area contributed by atoms with Crippen LogP contribution in [-0.4, -0.2) is 76.3 Å². The number of carbonyl (C=O) groups is 3. The monoisotopic (exact) mass is 564 g/mol. The van der Waals surface area contributed by atoms with E-state index in [1.54, 1.807) is 5.38 Å². The minimum absolute atomic E-state index is 0. The third-order valence-corrected chi connectivity index (χ3v) is 9.84. The molecule has 0 spiro atoms. The number of aliphatic carboxylic acids is 1. The van der Waals surface area contributed by atoms with Crippen molar-refractivity contribution in [3.05, 3.63) is 46.9 Å². The number of carboxylic acids is 1. The summed E-state index contributed by atoms with van der Waals surface area (Å²) in [5.74, 6) is -1.92. The third kappa shape index (κ3) is 5.68. The lowest BCUT2D eigenvalue weighted by atomic mass is 10.0. The molecule has 4 heterocycles. The van der Waals surface area contributed by atoms with Crippen LogP contribution in [0.3, 0.4) is 0 Å². The van der Waals surface area contributed by atoms with E-state index >= 15 is 0 Å². The Morgan fingerprint density at radius 1 is 1.41 bits per heavy atom. The van der Waals surface area contributed by atoms with Gasteiger partial charge in [-0.15, -0.1) is 23.1 Å². The molecule has 2 amide bonds. The molecule has 0 aromatic carbocycles. The van der Waals surface area contributed by atoms with Crippen molar-refractivity contribution in [1.29, 1.82) is 0 Å². The number of rotatable bonds is 8. The number of nitrogens with one attached hydrogen (secondary N) is 1. The number of pyridine rings is 1. The van der Waals surface area contributed by atoms with Gasteiger partial charge in [0.2, 0.25) is 0 Å². The minimum atomic E-state index is -1.55. The van der Waals surface area contributed by atoms with E-state index in [1.165, 1.54) is 29.0 Å². The van der Waals surface area contributed by atoms with Crippen molar-refractivity contribution in [2.75, 3.05) is 18.6 Å². The number of thiazole rings is 1. The predicted molar refractivity (Wildman–Crippen MR) is 141 cm³/mol. The summed E-state index contributed by atoms with van der Waals surface area (Å²) in [6.45, 7) is 7.09. The van der Waals surface area contributed by atoms with Crippen LogP contribution in [0.5, 0.6) is 0 Å². The number of nitrogens with zero attached hydrogens (tertiary/aromatic N) is 4. The first-order chi connectivity index (χ1) is 17.0. The fraction of sp³-hybridized carbons (Fsp3) is 0.364. The Balaban J connectivity index is 0.00000380. The van der Waals surface area contributed by atoms with Gasteiger partial charge in [-0.05, 0) is 0 Å². The van der Waals surface area contributed by atoms with E-state index in [-0.39, 0.29) is 27.7 Å². The fourth-order valence-electron chi connectivity index (χ4n) is 3.99. The molecule has 0 radical (unpaired) electrons. The first-order valence-electron chi connectivity index (χ1n) is 11.0. The van der Waals surface area contributed by atoms with Gasteiger partial charge in [-0.3, -0.25) is 14.5 Å². The standard InChI is InChI=1S/C22H26N6O5S2Si.H2O/c1-33-26-15(14-11-35-22(23)24-14)18(29)25-16-19(30)28-17(21(31)32)12(10-34-20(16)28)8-27-7-5-6-13(9-27)36(2,3)4;/h5-7,9,11,16,20H,8,10H2,1-4H3,(H3-,23,24,25,29,31,32);1H2/b26-15-;/t16-,20-;/m0./s1. The molecule has 0 aliphatic carbocycles. The second-order valence-electron chi connectivity index (χ2n) is 9.33. The first kappa shape index (κ1) is 28.3. The second kappa shape index (κ2) is 11.0. The van der Waals surface area contributed by atoms with Crippen LogP contribution in [0.1, 0.15) is 5.69 Å². The van der Waals surface area contributed by atoms with Gasteiger partial charge in [0.25, 0.3) is 11.8 Å². The Kier molecular flexibility index (Phi) is 8.41. The summed E-state index contributed by atoms with van der Waals surface area (Å²) in [5, 5.41) is 18.9. The molecule has 2 aromatic rings. The van der Waals surface area contributed by atoms with Gasteiger partial charge in [0.1, 0.15) is 29.9 Å². The number of hydrogen-bond acceptors (Lipinski definition) is 10. The topological polar surface area (TPSA) is 181 Å². The predicted octanol–water partition coefficient (Wildman–Crippen LogP) is 0.171. The number of β-lactam (4-membered cyclic amide) rings is 1. The number of nitrogen functional groups attached to an aromatic ring is 1. The molecule has 12 nitrogen and oxygen atoms in total. The normalized spacial score (nSPS) is 19.5. The number of carboxylic acid groups (broad SMARTS) is 1. The van der Waals surface area contributed by atoms with Crippen molar-refractivity contribution in [3.8, 4) is 0 Å². The maximum absolute atomic E-state index is 13.0. The number of carbonyl (C=O) groups excluding carboxylic acids is 2. The molecule has 15 heteroatoms. The number of anilines is 1. The lowest BCUT2D eigenvalue weighted by molar-refractivity contribution is -0.688. The van der Waals surface area contributed by atoms with Crippen LogP contribution in [0.15, 0.2) is 46.3 Å². The maximum Gasteiger partial charge on any atom is 0.352 e. The smallest absolute Gasteiger partial charge is 0.352 e. The van der Waals surface area contributed by atoms with E-state index in [0.29, 0.717) is 17.9 Å². The highest BCUT2D eigenvalue weighted by atomic mass is 32.2. The van der Waals surface area contributed by atoms with E-state index in [4.69, 9.17) is 10.6 Å². The molecule has 198 valence electrons. The van der Waals surface area contributed by atoms with Gasteiger partial charge in [0, 0.05) is 28.0 Å². The first-order valence-corrected chi connectivity index (χ1v) is 16.5. The summed E-state index contributed by atoms with van der Waals surface area (Å²) in [4.78, 5) is 48.2. The minimum Gasteiger partial charge on any atom is -0.870 e. The zero-order chi connectivity index (χ0) is 26.2. The highest BCUT2D eigenvalue weighted by Crippen LogP contribution is 2.40. The van der Waals surface area contributed by atoms with E-state index in [2.05, 4.69) is 47.4 Å². The highest BCUT2D eigenvalue weighted by molar-refractivity contribution is 8.00. The largest absolute Gasteiger partial charge is 0.870 e. The Labute approximate surface area is 222 Å². The zero-order valence-corrected chi connectivity index (χ0v) is 23.3. The van der Waals surface area contributed by atoms with Crippen molar-refractivity contribution in [2.45, 2.75) is 37.6 Å². The molecular weight excluding hydrogens is 536 g/mol. The molecule has 4 rings (SSSR count). The van der Waals surface area contributed by atoms with Crippen LogP contribution in [0.25, 0.3) is 0 Å². The number of nitrogens with two attached hydrogens (primary N) is 1. The van der Waals surface area contributed by atoms with Crippen LogP contribution in [-0.2, 0) is 25.8 Å². The molecular formula is C22H28N6O6S2Si. The number of amides is 2. The second-order valence-corrected chi connectivity index (χ2v) is 16.4. The summed E-state index contributed by atoms with van der Waals surface area (Å²) in [6.07, 6.45) is 3.95. The van der Waals surface area contributed by atoms with Crippen LogP contribution >= 0.6 is 23.1 Å². The van der Waals surface area contributed by atoms with Crippen LogP contribution < -0.4 is 20.8 Å². The Morgan fingerprint density at radius 3 is 2.73 bits per heavy atom. The highest BCUT2D eigenvalue weighted by Gasteiger charge is 2.54. The van der Waals surface area contributed by atoms with Crippen molar-refractivity contribution in [2.24, 2.45) is 5.16 Å². The molecule has 37 heavy (non-hydrogen) atoms. The van der Waals surface area contributed by atoms with Gasteiger partial charge >= 0.3 is 5.97 Å². The zero-order valence-electron chi connectivity index (χ0n) is 20.7. The number of fused-ring (bicyclic) bond motifs is 1. The van der Waals surface area contributed by atoms with Gasteiger partial charge < -0.3 is 26.5 Å². The third-order valence-electron chi connectivity index (χ3n) is 5.80. The summed E-state index contributed by atoms with van der Waals surface area (Å²) >= 11 is 2.55. The quantitative estimate of drug-likeness (QED) is 0.132. The van der Waals surface area contributed by atoms with Crippen molar-refractivity contribution in [3.63, 3.8) is 0 Å². The molecule has 2 aliphatic rings. The maximum atomic E-state index is 13.0. The lowest BCUT2D eigenvalue weighted by Crippen LogP contribution is -2.71. The van der Waals surface area contributed by atoms with Crippen LogP contribution in [0, 0.1) is 0 Å². The Morgan fingerprint density at radius 2 is 2.14 bits per heavy atom. The van der Waals surface area contributed by atoms with Crippen LogP contribution in [0.4, 0.5) is 5.13 Å². The van der Waals surface area contributed by atoms with Crippen molar-refractivity contribution < 1.29 is 34.4 Å². The van der Waals surface area contributed by atoms with E-state index < -0.39 is 37.3 Å². The molecule has 0 unspecified atom stereocenters. The summed E-state index contributed by atoms with van der Waals surface area (Å²) in [6, 6.07) is 3.15. The van der Waals surface area contributed by atoms with Crippen LogP contribution in [0.2, 0.25) is 19.6 Å². The Hall–Kier alpha value is -3.27. The molecule has 2 aliphatic heterocycles. The van der Waals surface area contributed by atoms with Gasteiger partial charge in [0.15, 0.2) is 29.8 Å². The summed E-state index contributed by atoms with van der Waals surface area (Å²) in [5.41, 5.74) is 6.37. The fourth-order valence-corrected chi connectivity index (χ4v) is 7.02. The van der Waals surface area contributed by atoms with E-state index in [0.717, 1.165) is 11.3 Å². The SMILES string of the molecule is CO/N=C(\C(=O)N[C@H]1C(=O)N2C(C(=O)O)=C(C[n+]3cccc([Si](C)(C)C)c3)CS[C@@H]12)c1csc(N)n1.[OH-]. The average Bonchev–Trinajstić information content (AvgIpc) is 3.25. The molecule has 1 saturated heterocycles. The van der Waals surface area contributed by atoms with E-state index in [9.17, 15) is 19.5 Å². The molecule has 1 fully saturated rings. The molecule has 5 N–H and O–H groups in total. The summed E-state index contributed by atoms with van der Waals surface area (Å²) in [7, 11) is -0.259. The summed E-state index contributed by atoms with van der Waals surface area (Å²) < 4.78 is 1.96. The average molecular weight is 565 g/mol. The number of thioether (sulfide) groups is 1. The molecule has 2 aromatic heterocycles. The van der Waals surface area contributed by atoms with E-state index in [1.807, 2.05) is 16.8 Å². The number of hydrogen-bond donors (Lipinski definition) is 3. The van der Waals surface area contributed by atoms with Gasteiger partial charge in [0.05, 0.1) is 8.07 Å². The lowest BCUT2D eigenvalue weighted by Gasteiger charge is -2.49. The molecule has 0 saturated carbocycles. The van der Waals surface area contributed by atoms with Crippen molar-refractivity contribution >= 4 is 65.0 Å². The van der Waals surface area contributed by atoms with Crippen molar-refractivity contribution in [1.82, 2.24) is 15.2 Å². The number of aromatic nitrogens is 2. The Bertz CT molecular complexity index is 1290. The van der Waals surface area contributed by atoms with Gasteiger partial charge in [-0.25, -0.2) is 14.3 Å².